The zero-order chi connectivity index (χ0) is 13.1. The van der Waals surface area contributed by atoms with Gasteiger partial charge in [0.05, 0.1) is 11.3 Å². The van der Waals surface area contributed by atoms with Crippen molar-refractivity contribution in [2.75, 3.05) is 13.1 Å². The summed E-state index contributed by atoms with van der Waals surface area (Å²) in [5.74, 6) is 0.569. The molecule has 5 nitrogen and oxygen atoms in total. The maximum atomic E-state index is 12.2. The van der Waals surface area contributed by atoms with Crippen LogP contribution in [0.1, 0.15) is 23.8 Å². The molecule has 1 fully saturated rings. The molecule has 1 atom stereocenters. The van der Waals surface area contributed by atoms with Crippen LogP contribution in [0.3, 0.4) is 0 Å². The fourth-order valence-electron chi connectivity index (χ4n) is 2.48. The average Bonchev–Trinajstić information content (AvgIpc) is 3.12. The first kappa shape index (κ1) is 12.3. The molecule has 1 aliphatic heterocycles. The minimum Gasteiger partial charge on any atom is -0.340 e. The second-order valence-corrected chi connectivity index (χ2v) is 5.71. The summed E-state index contributed by atoms with van der Waals surface area (Å²) in [6.07, 6.45) is 9.22. The fraction of sp³-hybridized carbons (Fsp3) is 0.462. The maximum Gasteiger partial charge on any atom is 0.242 e. The van der Waals surface area contributed by atoms with Crippen molar-refractivity contribution in [3.05, 3.63) is 35.3 Å². The predicted octanol–water partition coefficient (Wildman–Crippen LogP) is 1.75. The van der Waals surface area contributed by atoms with Crippen LogP contribution < -0.4 is 0 Å². The summed E-state index contributed by atoms with van der Waals surface area (Å²) < 4.78 is 1.81. The molecule has 0 unspecified atom stereocenters. The van der Waals surface area contributed by atoms with Gasteiger partial charge in [-0.1, -0.05) is 0 Å². The maximum absolute atomic E-state index is 12.2. The van der Waals surface area contributed by atoms with E-state index in [0.717, 1.165) is 30.9 Å². The molecule has 0 radical (unpaired) electrons. The molecule has 0 bridgehead atoms. The van der Waals surface area contributed by atoms with Crippen molar-refractivity contribution in [2.24, 2.45) is 0 Å². The van der Waals surface area contributed by atoms with E-state index in [1.807, 2.05) is 27.2 Å². The molecule has 100 valence electrons. The monoisotopic (exact) mass is 276 g/mol. The lowest BCUT2D eigenvalue weighted by Gasteiger charge is -2.32. The van der Waals surface area contributed by atoms with Gasteiger partial charge < -0.3 is 9.47 Å². The Morgan fingerprint density at radius 2 is 2.42 bits per heavy atom. The number of imidazole rings is 1. The predicted molar refractivity (Wildman–Crippen MR) is 72.9 cm³/mol. The van der Waals surface area contributed by atoms with Gasteiger partial charge in [-0.15, -0.1) is 11.3 Å². The van der Waals surface area contributed by atoms with Crippen molar-refractivity contribution in [3.8, 4) is 0 Å². The van der Waals surface area contributed by atoms with Crippen molar-refractivity contribution in [3.63, 3.8) is 0 Å². The highest BCUT2D eigenvalue weighted by atomic mass is 32.1. The zero-order valence-corrected chi connectivity index (χ0v) is 11.4. The molecule has 0 aliphatic carbocycles. The Balaban J connectivity index is 1.63. The molecular weight excluding hydrogens is 260 g/mol. The number of piperidine rings is 1. The molecule has 19 heavy (non-hydrogen) atoms. The Kier molecular flexibility index (Phi) is 3.59. The first-order valence-corrected chi connectivity index (χ1v) is 7.34. The third-order valence-corrected chi connectivity index (χ3v) is 4.39. The number of carbonyl (C=O) groups excluding carboxylic acids is 1. The van der Waals surface area contributed by atoms with Crippen LogP contribution in [0.4, 0.5) is 0 Å². The number of hydrogen-bond donors (Lipinski definition) is 0. The van der Waals surface area contributed by atoms with E-state index >= 15 is 0 Å². The van der Waals surface area contributed by atoms with E-state index in [1.54, 1.807) is 23.9 Å². The number of nitrogens with zero attached hydrogens (tertiary/aromatic N) is 4. The van der Waals surface area contributed by atoms with Gasteiger partial charge >= 0.3 is 0 Å². The molecule has 2 aromatic rings. The standard InChI is InChI=1S/C13H16N4OS/c18-12(9-16-6-3-14-10-16)17-5-1-2-11(8-17)13-15-4-7-19-13/h3-4,6-7,10-11H,1-2,5,8-9H2/t11-/m0/s1. The van der Waals surface area contributed by atoms with Crippen molar-refractivity contribution < 1.29 is 4.79 Å². The van der Waals surface area contributed by atoms with Crippen molar-refractivity contribution in [1.82, 2.24) is 19.4 Å². The highest BCUT2D eigenvalue weighted by Crippen LogP contribution is 2.28. The summed E-state index contributed by atoms with van der Waals surface area (Å²) in [5.41, 5.74) is 0. The summed E-state index contributed by atoms with van der Waals surface area (Å²) in [5, 5.41) is 3.15. The van der Waals surface area contributed by atoms with E-state index in [2.05, 4.69) is 9.97 Å². The lowest BCUT2D eigenvalue weighted by Crippen LogP contribution is -2.40. The molecule has 0 N–H and O–H groups in total. The second kappa shape index (κ2) is 5.52. The first-order valence-electron chi connectivity index (χ1n) is 6.46. The number of thiazole rings is 1. The van der Waals surface area contributed by atoms with Crippen LogP contribution in [0.25, 0.3) is 0 Å². The Labute approximate surface area is 115 Å². The number of amides is 1. The largest absolute Gasteiger partial charge is 0.340 e. The highest BCUT2D eigenvalue weighted by Gasteiger charge is 2.26. The van der Waals surface area contributed by atoms with Gasteiger partial charge in [-0.05, 0) is 12.8 Å². The molecule has 3 rings (SSSR count). The number of hydrogen-bond acceptors (Lipinski definition) is 4. The van der Waals surface area contributed by atoms with Gasteiger partial charge in [-0.3, -0.25) is 4.79 Å². The van der Waals surface area contributed by atoms with Gasteiger partial charge in [0.2, 0.25) is 5.91 Å². The van der Waals surface area contributed by atoms with Gasteiger partial charge in [0, 0.05) is 43.0 Å². The summed E-state index contributed by atoms with van der Waals surface area (Å²) in [6, 6.07) is 0. The minimum absolute atomic E-state index is 0.166. The van der Waals surface area contributed by atoms with Crippen molar-refractivity contribution in [2.45, 2.75) is 25.3 Å². The Bertz CT molecular complexity index is 523. The van der Waals surface area contributed by atoms with E-state index in [0.29, 0.717) is 12.5 Å². The minimum atomic E-state index is 0.166. The molecule has 0 aromatic carbocycles. The number of likely N-dealkylation sites (tertiary alicyclic amines) is 1. The van der Waals surface area contributed by atoms with Crippen LogP contribution in [0.15, 0.2) is 30.3 Å². The number of aromatic nitrogens is 3. The van der Waals surface area contributed by atoms with E-state index in [-0.39, 0.29) is 5.91 Å². The average molecular weight is 276 g/mol. The summed E-state index contributed by atoms with van der Waals surface area (Å²) in [6.45, 7) is 2.03. The molecule has 1 saturated heterocycles. The van der Waals surface area contributed by atoms with E-state index < -0.39 is 0 Å². The van der Waals surface area contributed by atoms with Crippen LogP contribution in [0.5, 0.6) is 0 Å². The van der Waals surface area contributed by atoms with E-state index in [4.69, 9.17) is 0 Å². The Morgan fingerprint density at radius 1 is 1.47 bits per heavy atom. The van der Waals surface area contributed by atoms with Crippen LogP contribution in [0.2, 0.25) is 0 Å². The summed E-state index contributed by atoms with van der Waals surface area (Å²) in [7, 11) is 0. The fourth-order valence-corrected chi connectivity index (χ4v) is 3.25. The molecule has 0 saturated carbocycles. The van der Waals surface area contributed by atoms with Crippen molar-refractivity contribution in [1.29, 1.82) is 0 Å². The lowest BCUT2D eigenvalue weighted by atomic mass is 9.99. The molecule has 1 aliphatic rings. The second-order valence-electron chi connectivity index (χ2n) is 4.78. The highest BCUT2D eigenvalue weighted by molar-refractivity contribution is 7.09. The van der Waals surface area contributed by atoms with E-state index in [1.165, 1.54) is 0 Å². The van der Waals surface area contributed by atoms with Crippen LogP contribution >= 0.6 is 11.3 Å². The SMILES string of the molecule is O=C(Cn1ccnc1)N1CCC[C@H](c2nccs2)C1. The third kappa shape index (κ3) is 2.84. The molecule has 1 amide bonds. The van der Waals surface area contributed by atoms with Gasteiger partial charge in [-0.2, -0.15) is 0 Å². The van der Waals surface area contributed by atoms with Crippen LogP contribution in [-0.4, -0.2) is 38.4 Å². The number of carbonyl (C=O) groups is 1. The molecule has 6 heteroatoms. The van der Waals surface area contributed by atoms with Gasteiger partial charge in [0.1, 0.15) is 6.54 Å². The van der Waals surface area contributed by atoms with Crippen molar-refractivity contribution >= 4 is 17.2 Å². The molecular formula is C13H16N4OS. The summed E-state index contributed by atoms with van der Waals surface area (Å²) in [4.78, 5) is 22.5. The normalized spacial score (nSPS) is 19.6. The van der Waals surface area contributed by atoms with Gasteiger partial charge in [0.25, 0.3) is 0 Å². The van der Waals surface area contributed by atoms with Crippen LogP contribution in [-0.2, 0) is 11.3 Å². The topological polar surface area (TPSA) is 51.0 Å². The Morgan fingerprint density at radius 3 is 3.16 bits per heavy atom. The molecule has 2 aromatic heterocycles. The summed E-state index contributed by atoms with van der Waals surface area (Å²) >= 11 is 1.68. The first-order chi connectivity index (χ1) is 9.33. The smallest absolute Gasteiger partial charge is 0.242 e. The Hall–Kier alpha value is -1.69. The third-order valence-electron chi connectivity index (χ3n) is 3.45. The number of rotatable bonds is 3. The van der Waals surface area contributed by atoms with Gasteiger partial charge in [0.15, 0.2) is 0 Å². The van der Waals surface area contributed by atoms with Gasteiger partial charge in [-0.25, -0.2) is 9.97 Å². The van der Waals surface area contributed by atoms with E-state index in [9.17, 15) is 4.79 Å². The van der Waals surface area contributed by atoms with Crippen LogP contribution in [0, 0.1) is 0 Å². The zero-order valence-electron chi connectivity index (χ0n) is 10.6. The quantitative estimate of drug-likeness (QED) is 0.858. The molecule has 3 heterocycles. The molecule has 0 spiro atoms. The lowest BCUT2D eigenvalue weighted by molar-refractivity contribution is -0.133.